The molecule has 1 aromatic heterocycles. The lowest BCUT2D eigenvalue weighted by atomic mass is 10.3. The van der Waals surface area contributed by atoms with Gasteiger partial charge < -0.3 is 15.1 Å². The predicted molar refractivity (Wildman–Crippen MR) is 61.2 cm³/mol. The smallest absolute Gasteiger partial charge is 0.318 e. The molecular formula is C9H16N4OS. The Kier molecular flexibility index (Phi) is 3.48. The lowest BCUT2D eigenvalue weighted by Crippen LogP contribution is -2.40. The Hall–Kier alpha value is -0.750. The van der Waals surface area contributed by atoms with Gasteiger partial charge in [0, 0.05) is 37.1 Å². The van der Waals surface area contributed by atoms with E-state index < -0.39 is 0 Å². The summed E-state index contributed by atoms with van der Waals surface area (Å²) in [5.41, 5.74) is 5.43. The average Bonchev–Trinajstić information content (AvgIpc) is 2.68. The SMILES string of the molecule is CC1CSCCN1c1nnc(CCN)o1. The molecule has 84 valence electrons. The average molecular weight is 228 g/mol. The summed E-state index contributed by atoms with van der Waals surface area (Å²) in [5, 5.41) is 8.02. The highest BCUT2D eigenvalue weighted by Crippen LogP contribution is 2.22. The van der Waals surface area contributed by atoms with Gasteiger partial charge in [0.2, 0.25) is 5.89 Å². The molecule has 1 aliphatic heterocycles. The van der Waals surface area contributed by atoms with Gasteiger partial charge in [-0.1, -0.05) is 5.10 Å². The van der Waals surface area contributed by atoms with E-state index in [1.54, 1.807) is 0 Å². The maximum atomic E-state index is 5.55. The van der Waals surface area contributed by atoms with Crippen LogP contribution in [0.3, 0.4) is 0 Å². The van der Waals surface area contributed by atoms with Crippen LogP contribution in [0, 0.1) is 0 Å². The molecule has 0 aliphatic carbocycles. The van der Waals surface area contributed by atoms with Crippen LogP contribution in [-0.4, -0.2) is 40.8 Å². The Bertz CT molecular complexity index is 317. The number of nitrogens with zero attached hydrogens (tertiary/aromatic N) is 3. The van der Waals surface area contributed by atoms with Crippen LogP contribution in [0.1, 0.15) is 12.8 Å². The van der Waals surface area contributed by atoms with E-state index in [1.807, 2.05) is 11.8 Å². The summed E-state index contributed by atoms with van der Waals surface area (Å²) in [5.74, 6) is 2.88. The van der Waals surface area contributed by atoms with Gasteiger partial charge in [-0.05, 0) is 6.92 Å². The number of thioether (sulfide) groups is 1. The molecule has 0 spiro atoms. The van der Waals surface area contributed by atoms with Crippen molar-refractivity contribution in [3.05, 3.63) is 5.89 Å². The molecule has 5 nitrogen and oxygen atoms in total. The third-order valence-corrected chi connectivity index (χ3v) is 3.62. The minimum Gasteiger partial charge on any atom is -0.408 e. The molecule has 0 bridgehead atoms. The summed E-state index contributed by atoms with van der Waals surface area (Å²) < 4.78 is 5.55. The van der Waals surface area contributed by atoms with E-state index in [2.05, 4.69) is 22.0 Å². The van der Waals surface area contributed by atoms with Gasteiger partial charge >= 0.3 is 6.01 Å². The molecule has 0 aromatic carbocycles. The summed E-state index contributed by atoms with van der Waals surface area (Å²) in [4.78, 5) is 2.17. The zero-order valence-electron chi connectivity index (χ0n) is 8.85. The highest BCUT2D eigenvalue weighted by Gasteiger charge is 2.23. The van der Waals surface area contributed by atoms with Crippen LogP contribution in [0.2, 0.25) is 0 Å². The number of aromatic nitrogens is 2. The maximum absolute atomic E-state index is 5.55. The van der Waals surface area contributed by atoms with E-state index in [0.29, 0.717) is 30.9 Å². The molecule has 1 aliphatic rings. The summed E-state index contributed by atoms with van der Waals surface area (Å²) >= 11 is 1.97. The maximum Gasteiger partial charge on any atom is 0.318 e. The second-order valence-corrected chi connectivity index (χ2v) is 4.78. The van der Waals surface area contributed by atoms with Gasteiger partial charge in [0.05, 0.1) is 0 Å². The van der Waals surface area contributed by atoms with E-state index in [4.69, 9.17) is 10.2 Å². The molecule has 2 N–H and O–H groups in total. The lowest BCUT2D eigenvalue weighted by Gasteiger charge is -2.31. The zero-order valence-corrected chi connectivity index (χ0v) is 9.66. The third-order valence-electron chi connectivity index (χ3n) is 2.43. The molecule has 0 radical (unpaired) electrons. The number of nitrogens with two attached hydrogens (primary N) is 1. The normalized spacial score (nSPS) is 22.0. The number of anilines is 1. The molecule has 2 rings (SSSR count). The van der Waals surface area contributed by atoms with Crippen molar-refractivity contribution in [2.45, 2.75) is 19.4 Å². The highest BCUT2D eigenvalue weighted by atomic mass is 32.2. The Morgan fingerprint density at radius 2 is 2.47 bits per heavy atom. The second kappa shape index (κ2) is 4.85. The first-order valence-electron chi connectivity index (χ1n) is 5.18. The Labute approximate surface area is 93.4 Å². The quantitative estimate of drug-likeness (QED) is 0.813. The fourth-order valence-electron chi connectivity index (χ4n) is 1.60. The lowest BCUT2D eigenvalue weighted by molar-refractivity contribution is 0.474. The molecule has 1 saturated heterocycles. The van der Waals surface area contributed by atoms with E-state index in [9.17, 15) is 0 Å². The molecule has 2 heterocycles. The van der Waals surface area contributed by atoms with Crippen LogP contribution >= 0.6 is 11.8 Å². The van der Waals surface area contributed by atoms with Gasteiger partial charge in [0.15, 0.2) is 0 Å². The van der Waals surface area contributed by atoms with Crippen LogP contribution in [-0.2, 0) is 6.42 Å². The highest BCUT2D eigenvalue weighted by molar-refractivity contribution is 7.99. The summed E-state index contributed by atoms with van der Waals surface area (Å²) in [6.07, 6.45) is 0.657. The van der Waals surface area contributed by atoms with Gasteiger partial charge in [-0.3, -0.25) is 0 Å². The Morgan fingerprint density at radius 3 is 3.20 bits per heavy atom. The molecule has 15 heavy (non-hydrogen) atoms. The minimum atomic E-state index is 0.468. The van der Waals surface area contributed by atoms with Crippen molar-refractivity contribution in [1.82, 2.24) is 10.2 Å². The van der Waals surface area contributed by atoms with Gasteiger partial charge in [-0.2, -0.15) is 11.8 Å². The molecular weight excluding hydrogens is 212 g/mol. The monoisotopic (exact) mass is 228 g/mol. The molecule has 1 fully saturated rings. The van der Waals surface area contributed by atoms with Gasteiger partial charge in [0.1, 0.15) is 0 Å². The number of hydrogen-bond donors (Lipinski definition) is 1. The van der Waals surface area contributed by atoms with Crippen molar-refractivity contribution >= 4 is 17.8 Å². The summed E-state index contributed by atoms with van der Waals surface area (Å²) in [7, 11) is 0. The molecule has 0 amide bonds. The van der Waals surface area contributed by atoms with Crippen LogP contribution in [0.25, 0.3) is 0 Å². The second-order valence-electron chi connectivity index (χ2n) is 3.63. The van der Waals surface area contributed by atoms with Crippen LogP contribution < -0.4 is 10.6 Å². The molecule has 1 atom stereocenters. The summed E-state index contributed by atoms with van der Waals surface area (Å²) in [6.45, 7) is 3.71. The molecule has 6 heteroatoms. The number of rotatable bonds is 3. The third kappa shape index (κ3) is 2.43. The summed E-state index contributed by atoms with van der Waals surface area (Å²) in [6, 6.07) is 1.11. The first-order chi connectivity index (χ1) is 7.31. The first kappa shape index (κ1) is 10.8. The molecule has 1 aromatic rings. The van der Waals surface area contributed by atoms with Crippen LogP contribution in [0.5, 0.6) is 0 Å². The molecule has 1 unspecified atom stereocenters. The van der Waals surface area contributed by atoms with Crippen molar-refractivity contribution in [1.29, 1.82) is 0 Å². The van der Waals surface area contributed by atoms with E-state index >= 15 is 0 Å². The Balaban J connectivity index is 2.06. The topological polar surface area (TPSA) is 68.2 Å². The van der Waals surface area contributed by atoms with E-state index in [0.717, 1.165) is 18.1 Å². The van der Waals surface area contributed by atoms with E-state index in [-0.39, 0.29) is 0 Å². The first-order valence-corrected chi connectivity index (χ1v) is 6.33. The van der Waals surface area contributed by atoms with Crippen molar-refractivity contribution in [3.8, 4) is 0 Å². The van der Waals surface area contributed by atoms with Crippen molar-refractivity contribution < 1.29 is 4.42 Å². The van der Waals surface area contributed by atoms with Gasteiger partial charge in [-0.25, -0.2) is 0 Å². The van der Waals surface area contributed by atoms with Crippen molar-refractivity contribution in [3.63, 3.8) is 0 Å². The number of hydrogen-bond acceptors (Lipinski definition) is 6. The fourth-order valence-corrected chi connectivity index (χ4v) is 2.61. The van der Waals surface area contributed by atoms with Gasteiger partial charge in [0.25, 0.3) is 0 Å². The fraction of sp³-hybridized carbons (Fsp3) is 0.778. The van der Waals surface area contributed by atoms with E-state index in [1.165, 1.54) is 0 Å². The predicted octanol–water partition coefficient (Wildman–Crippen LogP) is 0.513. The zero-order chi connectivity index (χ0) is 10.7. The Morgan fingerprint density at radius 1 is 1.60 bits per heavy atom. The largest absolute Gasteiger partial charge is 0.408 e. The van der Waals surface area contributed by atoms with Crippen molar-refractivity contribution in [2.24, 2.45) is 5.73 Å². The van der Waals surface area contributed by atoms with Gasteiger partial charge in [-0.15, -0.1) is 5.10 Å². The molecule has 0 saturated carbocycles. The minimum absolute atomic E-state index is 0.468. The van der Waals surface area contributed by atoms with Crippen LogP contribution in [0.4, 0.5) is 6.01 Å². The standard InChI is InChI=1S/C9H16N4OS/c1-7-6-15-5-4-13(7)9-12-11-8(14-9)2-3-10/h7H,2-6,10H2,1H3. The van der Waals surface area contributed by atoms with Crippen LogP contribution in [0.15, 0.2) is 4.42 Å². The van der Waals surface area contributed by atoms with Crippen molar-refractivity contribution in [2.75, 3.05) is 29.5 Å².